The summed E-state index contributed by atoms with van der Waals surface area (Å²) in [5.74, 6) is 0.320. The van der Waals surface area contributed by atoms with E-state index in [4.69, 9.17) is 4.74 Å². The number of allylic oxidation sites excluding steroid dienone is 2. The van der Waals surface area contributed by atoms with E-state index in [0.717, 1.165) is 36.9 Å². The van der Waals surface area contributed by atoms with Gasteiger partial charge in [-0.25, -0.2) is 8.42 Å². The molecule has 0 bridgehead atoms. The summed E-state index contributed by atoms with van der Waals surface area (Å²) in [6, 6.07) is 8.91. The Labute approximate surface area is 203 Å². The third-order valence-corrected chi connectivity index (χ3v) is 8.79. The topological polar surface area (TPSA) is 83.0 Å². The Kier molecular flexibility index (Phi) is 7.72. The lowest BCUT2D eigenvalue weighted by molar-refractivity contribution is 0.0733. The van der Waals surface area contributed by atoms with Gasteiger partial charge in [-0.05, 0) is 74.2 Å². The van der Waals surface area contributed by atoms with Crippen LogP contribution in [0.3, 0.4) is 0 Å². The first-order chi connectivity index (χ1) is 16.3. The van der Waals surface area contributed by atoms with Gasteiger partial charge in [-0.2, -0.15) is 4.31 Å². The summed E-state index contributed by atoms with van der Waals surface area (Å²) < 4.78 is 35.2. The molecule has 0 saturated carbocycles. The van der Waals surface area contributed by atoms with E-state index in [9.17, 15) is 13.5 Å². The summed E-state index contributed by atoms with van der Waals surface area (Å²) in [4.78, 5) is 6.45. The zero-order chi connectivity index (χ0) is 24.3. The van der Waals surface area contributed by atoms with Crippen LogP contribution in [0.2, 0.25) is 0 Å². The van der Waals surface area contributed by atoms with Crippen LogP contribution in [-0.4, -0.2) is 66.6 Å². The van der Waals surface area contributed by atoms with Gasteiger partial charge in [0.1, 0.15) is 16.7 Å². The Bertz CT molecular complexity index is 1120. The quantitative estimate of drug-likeness (QED) is 0.646. The zero-order valence-corrected chi connectivity index (χ0v) is 21.0. The standard InChI is InChI=1S/C26H35N3O4S/c1-19-15-29(20(2)18-30)34(31,32)26-9-8-23(22-6-4-5-7-22)14-24(26)33-25(19)17-28(3)16-21-10-12-27-13-11-21/h6,8-14,19-20,25,30H,4-5,7,15-18H2,1-3H3/t19-,20+,25-/m1/s1. The molecule has 1 aliphatic heterocycles. The van der Waals surface area contributed by atoms with Crippen LogP contribution in [0.4, 0.5) is 0 Å². The van der Waals surface area contributed by atoms with E-state index in [2.05, 4.69) is 16.0 Å². The lowest BCUT2D eigenvalue weighted by Crippen LogP contribution is -2.49. The van der Waals surface area contributed by atoms with Gasteiger partial charge in [0.25, 0.3) is 0 Å². The Hall–Kier alpha value is -2.26. The molecule has 0 saturated heterocycles. The fourth-order valence-corrected chi connectivity index (χ4v) is 6.57. The van der Waals surface area contributed by atoms with E-state index in [0.29, 0.717) is 12.3 Å². The highest BCUT2D eigenvalue weighted by molar-refractivity contribution is 7.89. The van der Waals surface area contributed by atoms with Gasteiger partial charge in [0.2, 0.25) is 10.0 Å². The minimum absolute atomic E-state index is 0.0776. The molecule has 1 N–H and O–H groups in total. The number of aliphatic hydroxyl groups is 1. The van der Waals surface area contributed by atoms with Crippen molar-refractivity contribution in [2.24, 2.45) is 5.92 Å². The number of sulfonamides is 1. The number of benzene rings is 1. The summed E-state index contributed by atoms with van der Waals surface area (Å²) in [5, 5.41) is 9.82. The van der Waals surface area contributed by atoms with Crippen LogP contribution in [0.25, 0.3) is 5.57 Å². The first kappa shape index (κ1) is 24.9. The predicted molar refractivity (Wildman–Crippen MR) is 133 cm³/mol. The second-order valence-corrected chi connectivity index (χ2v) is 11.4. The van der Waals surface area contributed by atoms with Crippen molar-refractivity contribution in [3.63, 3.8) is 0 Å². The van der Waals surface area contributed by atoms with Crippen LogP contribution in [0.15, 0.2) is 53.7 Å². The SMILES string of the molecule is C[C@@H]1CN([C@@H](C)CO)S(=O)(=O)c2ccc(C3=CCCC3)cc2O[C@@H]1CN(C)Cc1ccncc1. The number of aliphatic hydroxyl groups excluding tert-OH is 1. The third-order valence-electron chi connectivity index (χ3n) is 6.77. The van der Waals surface area contributed by atoms with Crippen molar-refractivity contribution in [3.05, 3.63) is 59.9 Å². The summed E-state index contributed by atoms with van der Waals surface area (Å²) in [6.45, 7) is 5.19. The third kappa shape index (κ3) is 5.35. The van der Waals surface area contributed by atoms with E-state index >= 15 is 0 Å². The van der Waals surface area contributed by atoms with Crippen molar-refractivity contribution in [1.82, 2.24) is 14.2 Å². The molecule has 1 aliphatic carbocycles. The maximum absolute atomic E-state index is 13.6. The molecule has 1 aromatic heterocycles. The molecule has 0 radical (unpaired) electrons. The molecule has 4 rings (SSSR count). The molecule has 34 heavy (non-hydrogen) atoms. The van der Waals surface area contributed by atoms with E-state index in [1.165, 1.54) is 9.88 Å². The first-order valence-electron chi connectivity index (χ1n) is 12.0. The van der Waals surface area contributed by atoms with Gasteiger partial charge in [-0.1, -0.05) is 19.1 Å². The van der Waals surface area contributed by atoms with Crippen LogP contribution < -0.4 is 4.74 Å². The Balaban J connectivity index is 1.69. The number of ether oxygens (including phenoxy) is 1. The normalized spacial score (nSPS) is 23.5. The smallest absolute Gasteiger partial charge is 0.247 e. The monoisotopic (exact) mass is 485 g/mol. The van der Waals surface area contributed by atoms with Crippen molar-refractivity contribution >= 4 is 15.6 Å². The number of likely N-dealkylation sites (N-methyl/N-ethyl adjacent to an activating group) is 1. The molecule has 184 valence electrons. The molecular weight excluding hydrogens is 450 g/mol. The van der Waals surface area contributed by atoms with E-state index in [-0.39, 0.29) is 30.1 Å². The molecule has 0 spiro atoms. The second kappa shape index (κ2) is 10.6. The number of pyridine rings is 1. The number of nitrogens with zero attached hydrogens (tertiary/aromatic N) is 3. The highest BCUT2D eigenvalue weighted by atomic mass is 32.2. The fourth-order valence-electron chi connectivity index (χ4n) is 4.75. The summed E-state index contributed by atoms with van der Waals surface area (Å²) in [7, 11) is -1.78. The number of rotatable bonds is 7. The van der Waals surface area contributed by atoms with Gasteiger partial charge in [-0.15, -0.1) is 0 Å². The summed E-state index contributed by atoms with van der Waals surface area (Å²) in [5.41, 5.74) is 3.42. The second-order valence-electron chi connectivity index (χ2n) is 9.58. The minimum atomic E-state index is -3.82. The van der Waals surface area contributed by atoms with Crippen molar-refractivity contribution in [1.29, 1.82) is 0 Å². The molecule has 0 fully saturated rings. The van der Waals surface area contributed by atoms with Crippen LogP contribution in [0, 0.1) is 5.92 Å². The van der Waals surface area contributed by atoms with Crippen molar-refractivity contribution in [3.8, 4) is 5.75 Å². The lowest BCUT2D eigenvalue weighted by Gasteiger charge is -2.37. The van der Waals surface area contributed by atoms with Gasteiger partial charge in [0.05, 0.1) is 6.61 Å². The average molecular weight is 486 g/mol. The largest absolute Gasteiger partial charge is 0.487 e. The van der Waals surface area contributed by atoms with Crippen LogP contribution in [0.1, 0.15) is 44.2 Å². The maximum Gasteiger partial charge on any atom is 0.247 e. The zero-order valence-electron chi connectivity index (χ0n) is 20.2. The minimum Gasteiger partial charge on any atom is -0.487 e. The van der Waals surface area contributed by atoms with Gasteiger partial charge >= 0.3 is 0 Å². The van der Waals surface area contributed by atoms with Crippen LogP contribution in [-0.2, 0) is 16.6 Å². The van der Waals surface area contributed by atoms with Gasteiger partial charge in [0.15, 0.2) is 0 Å². The molecular formula is C26H35N3O4S. The maximum atomic E-state index is 13.6. The van der Waals surface area contributed by atoms with E-state index in [1.807, 2.05) is 38.2 Å². The van der Waals surface area contributed by atoms with Crippen molar-refractivity contribution < 1.29 is 18.3 Å². The highest BCUT2D eigenvalue weighted by Crippen LogP contribution is 2.37. The number of fused-ring (bicyclic) bond motifs is 1. The number of hydrogen-bond acceptors (Lipinski definition) is 6. The van der Waals surface area contributed by atoms with Gasteiger partial charge in [0, 0.05) is 44.0 Å². The predicted octanol–water partition coefficient (Wildman–Crippen LogP) is 3.55. The number of hydrogen-bond donors (Lipinski definition) is 1. The number of aromatic nitrogens is 1. The molecule has 2 aliphatic rings. The van der Waals surface area contributed by atoms with Crippen LogP contribution >= 0.6 is 0 Å². The lowest BCUT2D eigenvalue weighted by atomic mass is 10.0. The average Bonchev–Trinajstić information content (AvgIpc) is 3.36. The molecule has 8 heteroatoms. The molecule has 2 heterocycles. The Morgan fingerprint density at radius 1 is 1.26 bits per heavy atom. The van der Waals surface area contributed by atoms with E-state index < -0.39 is 16.1 Å². The molecule has 2 aromatic rings. The molecule has 1 aromatic carbocycles. The van der Waals surface area contributed by atoms with Gasteiger partial charge in [-0.3, -0.25) is 9.88 Å². The van der Waals surface area contributed by atoms with Gasteiger partial charge < -0.3 is 9.84 Å². The molecule has 7 nitrogen and oxygen atoms in total. The van der Waals surface area contributed by atoms with Crippen LogP contribution in [0.5, 0.6) is 5.75 Å². The van der Waals surface area contributed by atoms with Crippen molar-refractivity contribution in [2.75, 3.05) is 26.7 Å². The summed E-state index contributed by atoms with van der Waals surface area (Å²) >= 11 is 0. The Morgan fingerprint density at radius 3 is 2.71 bits per heavy atom. The molecule has 0 amide bonds. The molecule has 3 atom stereocenters. The Morgan fingerprint density at radius 2 is 2.03 bits per heavy atom. The first-order valence-corrected chi connectivity index (χ1v) is 13.4. The van der Waals surface area contributed by atoms with E-state index in [1.54, 1.807) is 25.4 Å². The van der Waals surface area contributed by atoms with Crippen molar-refractivity contribution in [2.45, 2.75) is 56.7 Å². The molecule has 0 unspecified atom stereocenters. The fraction of sp³-hybridized carbons (Fsp3) is 0.500. The summed E-state index contributed by atoms with van der Waals surface area (Å²) in [6.07, 6.45) is 8.73. The highest BCUT2D eigenvalue weighted by Gasteiger charge is 2.38.